The Morgan fingerprint density at radius 3 is 2.62 bits per heavy atom. The first-order valence-electron chi connectivity index (χ1n) is 3.03. The van der Waals surface area contributed by atoms with Gasteiger partial charge in [0.2, 0.25) is 0 Å². The van der Waals surface area contributed by atoms with Gasteiger partial charge in [0, 0.05) is 13.2 Å². The first-order valence-corrected chi connectivity index (χ1v) is 3.03. The summed E-state index contributed by atoms with van der Waals surface area (Å²) in [6.45, 7) is 5.13. The summed E-state index contributed by atoms with van der Waals surface area (Å²) in [4.78, 5) is 0. The van der Waals surface area contributed by atoms with E-state index in [2.05, 4.69) is 0 Å². The van der Waals surface area contributed by atoms with Crippen molar-refractivity contribution in [2.75, 3.05) is 13.2 Å². The Kier molecular flexibility index (Phi) is 5.01. The lowest BCUT2D eigenvalue weighted by Crippen LogP contribution is -2.04. The Morgan fingerprint density at radius 2 is 2.25 bits per heavy atom. The average Bonchev–Trinajstić information content (AvgIpc) is 1.66. The number of hydrogen-bond donors (Lipinski definition) is 1. The molecule has 0 aliphatic heterocycles. The van der Waals surface area contributed by atoms with Crippen LogP contribution in [0.1, 0.15) is 20.3 Å². The molecule has 0 aromatic carbocycles. The van der Waals surface area contributed by atoms with Gasteiger partial charge in [0.05, 0.1) is 6.10 Å². The summed E-state index contributed by atoms with van der Waals surface area (Å²) in [7, 11) is 0. The standard InChI is InChI=1S/C6H14O2/c1-3-8-5-4-6(2)7/h6-7H,3-5H2,1-2H3/t6-/m1/s1. The fourth-order valence-corrected chi connectivity index (χ4v) is 0.398. The predicted molar refractivity (Wildman–Crippen MR) is 32.8 cm³/mol. The molecular weight excluding hydrogens is 104 g/mol. The summed E-state index contributed by atoms with van der Waals surface area (Å²) in [5.41, 5.74) is 0. The highest BCUT2D eigenvalue weighted by molar-refractivity contribution is 4.42. The van der Waals surface area contributed by atoms with Gasteiger partial charge in [-0.15, -0.1) is 0 Å². The summed E-state index contributed by atoms with van der Waals surface area (Å²) in [6, 6.07) is 0. The molecule has 0 aromatic rings. The fourth-order valence-electron chi connectivity index (χ4n) is 0.398. The lowest BCUT2D eigenvalue weighted by molar-refractivity contribution is 0.0968. The average molecular weight is 118 g/mol. The molecule has 0 spiro atoms. The monoisotopic (exact) mass is 118 g/mol. The van der Waals surface area contributed by atoms with Crippen molar-refractivity contribution in [3.8, 4) is 0 Å². The summed E-state index contributed by atoms with van der Waals surface area (Å²) < 4.78 is 4.98. The summed E-state index contributed by atoms with van der Waals surface area (Å²) in [5, 5.41) is 8.70. The zero-order valence-corrected chi connectivity index (χ0v) is 5.55. The molecule has 50 valence electrons. The van der Waals surface area contributed by atoms with Crippen molar-refractivity contribution in [1.82, 2.24) is 0 Å². The first kappa shape index (κ1) is 7.92. The largest absolute Gasteiger partial charge is 0.393 e. The maximum absolute atomic E-state index is 8.70. The zero-order valence-electron chi connectivity index (χ0n) is 5.55. The number of ether oxygens (including phenoxy) is 1. The molecule has 8 heavy (non-hydrogen) atoms. The van der Waals surface area contributed by atoms with E-state index < -0.39 is 0 Å². The van der Waals surface area contributed by atoms with E-state index in [0.717, 1.165) is 13.0 Å². The van der Waals surface area contributed by atoms with Gasteiger partial charge < -0.3 is 9.84 Å². The minimum absolute atomic E-state index is 0.221. The van der Waals surface area contributed by atoms with Crippen molar-refractivity contribution in [2.45, 2.75) is 26.4 Å². The second-order valence-corrected chi connectivity index (χ2v) is 1.83. The predicted octanol–water partition coefficient (Wildman–Crippen LogP) is 0.794. The van der Waals surface area contributed by atoms with Gasteiger partial charge in [-0.1, -0.05) is 0 Å². The van der Waals surface area contributed by atoms with Gasteiger partial charge in [0.1, 0.15) is 0 Å². The molecule has 2 nitrogen and oxygen atoms in total. The summed E-state index contributed by atoms with van der Waals surface area (Å²) >= 11 is 0. The molecule has 0 radical (unpaired) electrons. The van der Waals surface area contributed by atoms with Crippen molar-refractivity contribution in [3.05, 3.63) is 0 Å². The van der Waals surface area contributed by atoms with Crippen molar-refractivity contribution < 1.29 is 9.84 Å². The van der Waals surface area contributed by atoms with Gasteiger partial charge in [-0.05, 0) is 20.3 Å². The van der Waals surface area contributed by atoms with Crippen LogP contribution in [0, 0.1) is 0 Å². The highest BCUT2D eigenvalue weighted by Gasteiger charge is 1.92. The zero-order chi connectivity index (χ0) is 6.41. The summed E-state index contributed by atoms with van der Waals surface area (Å²) in [6.07, 6.45) is 0.523. The van der Waals surface area contributed by atoms with Gasteiger partial charge in [0.25, 0.3) is 0 Å². The summed E-state index contributed by atoms with van der Waals surface area (Å²) in [5.74, 6) is 0. The topological polar surface area (TPSA) is 29.5 Å². The fraction of sp³-hybridized carbons (Fsp3) is 1.00. The third kappa shape index (κ3) is 5.92. The second-order valence-electron chi connectivity index (χ2n) is 1.83. The maximum Gasteiger partial charge on any atom is 0.0534 e. The molecule has 0 aliphatic rings. The molecule has 0 rings (SSSR count). The Labute approximate surface area is 50.5 Å². The van der Waals surface area contributed by atoms with Crippen LogP contribution >= 0.6 is 0 Å². The quantitative estimate of drug-likeness (QED) is 0.553. The van der Waals surface area contributed by atoms with Crippen molar-refractivity contribution in [1.29, 1.82) is 0 Å². The Bertz CT molecular complexity index is 43.8. The molecule has 0 saturated heterocycles. The Balaban J connectivity index is 2.72. The van der Waals surface area contributed by atoms with Crippen molar-refractivity contribution >= 4 is 0 Å². The minimum Gasteiger partial charge on any atom is -0.393 e. The molecule has 0 bridgehead atoms. The first-order chi connectivity index (χ1) is 3.77. The maximum atomic E-state index is 8.70. The number of rotatable bonds is 4. The highest BCUT2D eigenvalue weighted by Crippen LogP contribution is 1.88. The lowest BCUT2D eigenvalue weighted by atomic mass is 10.3. The van der Waals surface area contributed by atoms with Gasteiger partial charge in [0.15, 0.2) is 0 Å². The van der Waals surface area contributed by atoms with Gasteiger partial charge in [-0.3, -0.25) is 0 Å². The molecule has 1 atom stereocenters. The van der Waals surface area contributed by atoms with Crippen LogP contribution in [0.2, 0.25) is 0 Å². The van der Waals surface area contributed by atoms with E-state index in [4.69, 9.17) is 9.84 Å². The van der Waals surface area contributed by atoms with Crippen LogP contribution in [-0.4, -0.2) is 24.4 Å². The highest BCUT2D eigenvalue weighted by atomic mass is 16.5. The molecule has 0 heterocycles. The van der Waals surface area contributed by atoms with E-state index in [1.54, 1.807) is 6.92 Å². The van der Waals surface area contributed by atoms with Crippen LogP contribution in [0.15, 0.2) is 0 Å². The second kappa shape index (κ2) is 5.06. The van der Waals surface area contributed by atoms with Gasteiger partial charge in [-0.2, -0.15) is 0 Å². The van der Waals surface area contributed by atoms with Crippen LogP contribution in [-0.2, 0) is 4.74 Å². The Hall–Kier alpha value is -0.0800. The third-order valence-corrected chi connectivity index (χ3v) is 0.884. The number of aliphatic hydroxyl groups is 1. The third-order valence-electron chi connectivity index (χ3n) is 0.884. The molecule has 0 unspecified atom stereocenters. The minimum atomic E-state index is -0.221. The number of aliphatic hydroxyl groups excluding tert-OH is 1. The molecular formula is C6H14O2. The normalized spacial score (nSPS) is 13.9. The van der Waals surface area contributed by atoms with E-state index in [0.29, 0.717) is 6.61 Å². The molecule has 0 aliphatic carbocycles. The van der Waals surface area contributed by atoms with Crippen LogP contribution in [0.3, 0.4) is 0 Å². The van der Waals surface area contributed by atoms with E-state index in [1.165, 1.54) is 0 Å². The van der Waals surface area contributed by atoms with Gasteiger partial charge in [-0.25, -0.2) is 0 Å². The van der Waals surface area contributed by atoms with Crippen LogP contribution in [0.4, 0.5) is 0 Å². The molecule has 0 aromatic heterocycles. The smallest absolute Gasteiger partial charge is 0.0534 e. The molecule has 0 fully saturated rings. The lowest BCUT2D eigenvalue weighted by Gasteiger charge is -2.01. The SMILES string of the molecule is CCOCC[C@@H](C)O. The van der Waals surface area contributed by atoms with Crippen LogP contribution in [0.25, 0.3) is 0 Å². The van der Waals surface area contributed by atoms with E-state index in [-0.39, 0.29) is 6.10 Å². The molecule has 0 saturated carbocycles. The van der Waals surface area contributed by atoms with E-state index in [1.807, 2.05) is 6.92 Å². The van der Waals surface area contributed by atoms with Crippen molar-refractivity contribution in [3.63, 3.8) is 0 Å². The van der Waals surface area contributed by atoms with Gasteiger partial charge >= 0.3 is 0 Å². The van der Waals surface area contributed by atoms with E-state index in [9.17, 15) is 0 Å². The molecule has 0 amide bonds. The Morgan fingerprint density at radius 1 is 1.62 bits per heavy atom. The van der Waals surface area contributed by atoms with Crippen molar-refractivity contribution in [2.24, 2.45) is 0 Å². The molecule has 2 heteroatoms. The van der Waals surface area contributed by atoms with Crippen LogP contribution in [0.5, 0.6) is 0 Å². The van der Waals surface area contributed by atoms with E-state index >= 15 is 0 Å². The van der Waals surface area contributed by atoms with Crippen LogP contribution < -0.4 is 0 Å². The molecule has 1 N–H and O–H groups in total. The number of hydrogen-bond acceptors (Lipinski definition) is 2.